The van der Waals surface area contributed by atoms with Crippen molar-refractivity contribution in [2.24, 2.45) is 0 Å². The van der Waals surface area contributed by atoms with Gasteiger partial charge in [0.05, 0.1) is 13.2 Å². The van der Waals surface area contributed by atoms with Crippen LogP contribution in [0.4, 0.5) is 0 Å². The summed E-state index contributed by atoms with van der Waals surface area (Å²) in [5, 5.41) is 2.53. The molecule has 12 heteroatoms. The van der Waals surface area contributed by atoms with Crippen LogP contribution in [0.2, 0.25) is 0 Å². The van der Waals surface area contributed by atoms with Gasteiger partial charge in [0.1, 0.15) is 36.6 Å². The molecular weight excluding hydrogens is 472 g/mol. The number of hydrogen-bond acceptors (Lipinski definition) is 11. The van der Waals surface area contributed by atoms with Crippen molar-refractivity contribution in [2.75, 3.05) is 39.5 Å². The van der Waals surface area contributed by atoms with E-state index in [2.05, 4.69) is 38.1 Å². The van der Waals surface area contributed by atoms with E-state index in [-0.39, 0.29) is 49.9 Å². The first-order valence-electron chi connectivity index (χ1n) is 10.8. The molecule has 4 heterocycles. The molecule has 0 aliphatic carbocycles. The van der Waals surface area contributed by atoms with E-state index < -0.39 is 0 Å². The number of morpholine rings is 1. The maximum Gasteiger partial charge on any atom is 0.326 e. The zero-order valence-electron chi connectivity index (χ0n) is 18.9. The SMILES string of the molecule is C=CCOc1nc(OCC=C)nc(OCC2CN(C(=O)c3csc(-c4ccncc4)n3)CCO2)n1. The van der Waals surface area contributed by atoms with E-state index >= 15 is 0 Å². The Morgan fingerprint density at radius 1 is 1.06 bits per heavy atom. The first kappa shape index (κ1) is 24.2. The van der Waals surface area contributed by atoms with Crippen molar-refractivity contribution in [1.82, 2.24) is 29.8 Å². The number of aromatic nitrogens is 5. The minimum atomic E-state index is -0.377. The van der Waals surface area contributed by atoms with E-state index in [4.69, 9.17) is 18.9 Å². The number of ether oxygens (including phenoxy) is 4. The van der Waals surface area contributed by atoms with Crippen LogP contribution in [0.1, 0.15) is 10.5 Å². The Morgan fingerprint density at radius 2 is 1.71 bits per heavy atom. The number of rotatable bonds is 11. The summed E-state index contributed by atoms with van der Waals surface area (Å²) in [6.07, 6.45) is 6.15. The zero-order valence-corrected chi connectivity index (χ0v) is 19.7. The highest BCUT2D eigenvalue weighted by molar-refractivity contribution is 7.13. The number of hydrogen-bond donors (Lipinski definition) is 0. The Kier molecular flexibility index (Phi) is 8.30. The number of nitrogens with zero attached hydrogens (tertiary/aromatic N) is 6. The Morgan fingerprint density at radius 3 is 2.37 bits per heavy atom. The minimum Gasteiger partial charge on any atom is -0.460 e. The first-order valence-corrected chi connectivity index (χ1v) is 11.7. The zero-order chi connectivity index (χ0) is 24.5. The van der Waals surface area contributed by atoms with E-state index in [0.717, 1.165) is 10.6 Å². The molecule has 3 aromatic rings. The molecule has 0 saturated carbocycles. The number of amides is 1. The molecule has 1 atom stereocenters. The monoisotopic (exact) mass is 496 g/mol. The van der Waals surface area contributed by atoms with Crippen LogP contribution >= 0.6 is 11.3 Å². The third-order valence-corrected chi connectivity index (χ3v) is 5.60. The fourth-order valence-corrected chi connectivity index (χ4v) is 3.91. The molecule has 0 radical (unpaired) electrons. The van der Waals surface area contributed by atoms with Crippen LogP contribution in [-0.4, -0.2) is 81.3 Å². The summed E-state index contributed by atoms with van der Waals surface area (Å²) in [5.41, 5.74) is 1.32. The van der Waals surface area contributed by atoms with Gasteiger partial charge in [-0.05, 0) is 12.1 Å². The van der Waals surface area contributed by atoms with Crippen LogP contribution in [-0.2, 0) is 4.74 Å². The van der Waals surface area contributed by atoms with Crippen molar-refractivity contribution in [3.63, 3.8) is 0 Å². The number of carbonyl (C=O) groups excluding carboxylic acids is 1. The first-order chi connectivity index (χ1) is 17.2. The Bertz CT molecular complexity index is 1130. The second-order valence-corrected chi connectivity index (χ2v) is 8.07. The number of thiazole rings is 1. The molecule has 1 aliphatic heterocycles. The highest BCUT2D eigenvalue weighted by Crippen LogP contribution is 2.24. The topological polar surface area (TPSA) is 122 Å². The van der Waals surface area contributed by atoms with Gasteiger partial charge >= 0.3 is 18.0 Å². The summed E-state index contributed by atoms with van der Waals surface area (Å²) < 4.78 is 22.3. The average molecular weight is 497 g/mol. The van der Waals surface area contributed by atoms with Crippen LogP contribution in [0.3, 0.4) is 0 Å². The predicted octanol–water partition coefficient (Wildman–Crippen LogP) is 2.44. The van der Waals surface area contributed by atoms with Crippen molar-refractivity contribution in [1.29, 1.82) is 0 Å². The second-order valence-electron chi connectivity index (χ2n) is 7.21. The van der Waals surface area contributed by atoms with Crippen LogP contribution < -0.4 is 14.2 Å². The molecule has 0 spiro atoms. The molecule has 3 aromatic heterocycles. The third kappa shape index (κ3) is 6.58. The van der Waals surface area contributed by atoms with Crippen LogP contribution in [0, 0.1) is 0 Å². The van der Waals surface area contributed by atoms with Gasteiger partial charge in [-0.1, -0.05) is 25.3 Å². The lowest BCUT2D eigenvalue weighted by molar-refractivity contribution is -0.0416. The van der Waals surface area contributed by atoms with Crippen molar-refractivity contribution in [3.05, 3.63) is 60.9 Å². The number of carbonyl (C=O) groups is 1. The van der Waals surface area contributed by atoms with Gasteiger partial charge in [-0.25, -0.2) is 4.98 Å². The van der Waals surface area contributed by atoms with Crippen LogP contribution in [0.15, 0.2) is 55.2 Å². The summed E-state index contributed by atoms with van der Waals surface area (Å²) in [7, 11) is 0. The van der Waals surface area contributed by atoms with Gasteiger partial charge < -0.3 is 23.8 Å². The van der Waals surface area contributed by atoms with E-state index in [1.54, 1.807) is 34.8 Å². The van der Waals surface area contributed by atoms with Gasteiger partial charge in [-0.2, -0.15) is 0 Å². The quantitative estimate of drug-likeness (QED) is 0.366. The summed E-state index contributed by atoms with van der Waals surface area (Å²) >= 11 is 1.42. The number of pyridine rings is 1. The molecule has 1 fully saturated rings. The molecule has 35 heavy (non-hydrogen) atoms. The summed E-state index contributed by atoms with van der Waals surface area (Å²) in [5.74, 6) is -0.157. The summed E-state index contributed by atoms with van der Waals surface area (Å²) in [6, 6.07) is 3.83. The summed E-state index contributed by atoms with van der Waals surface area (Å²) in [4.78, 5) is 35.6. The standard InChI is InChI=1S/C23H24N6O5S/c1-3-10-32-21-26-22(33-11-4-2)28-23(27-21)34-14-17-13-29(9-12-31-17)20(30)18-15-35-19(25-18)16-5-7-24-8-6-16/h3-8,15,17H,1-2,9-14H2. The smallest absolute Gasteiger partial charge is 0.326 e. The van der Waals surface area contributed by atoms with Gasteiger partial charge in [-0.15, -0.1) is 26.3 Å². The maximum absolute atomic E-state index is 13.0. The van der Waals surface area contributed by atoms with Crippen molar-refractivity contribution in [2.45, 2.75) is 6.10 Å². The molecule has 0 aromatic carbocycles. The molecule has 1 aliphatic rings. The van der Waals surface area contributed by atoms with Gasteiger partial charge in [-0.3, -0.25) is 9.78 Å². The highest BCUT2D eigenvalue weighted by atomic mass is 32.1. The molecule has 0 bridgehead atoms. The Balaban J connectivity index is 1.37. The fraction of sp³-hybridized carbons (Fsp3) is 0.304. The Labute approximate surface area is 206 Å². The molecule has 1 saturated heterocycles. The van der Waals surface area contributed by atoms with Gasteiger partial charge in [0.2, 0.25) is 0 Å². The lowest BCUT2D eigenvalue weighted by Gasteiger charge is -2.32. The molecule has 1 unspecified atom stereocenters. The lowest BCUT2D eigenvalue weighted by atomic mass is 10.2. The van der Waals surface area contributed by atoms with E-state index in [1.807, 2.05) is 12.1 Å². The fourth-order valence-electron chi connectivity index (χ4n) is 3.11. The largest absolute Gasteiger partial charge is 0.460 e. The van der Waals surface area contributed by atoms with E-state index in [1.165, 1.54) is 11.3 Å². The molecular formula is C23H24N6O5S. The van der Waals surface area contributed by atoms with E-state index in [0.29, 0.717) is 25.4 Å². The minimum absolute atomic E-state index is 0.0201. The van der Waals surface area contributed by atoms with Crippen LogP contribution in [0.25, 0.3) is 10.6 Å². The normalized spacial score (nSPS) is 15.3. The molecule has 11 nitrogen and oxygen atoms in total. The third-order valence-electron chi connectivity index (χ3n) is 4.71. The lowest BCUT2D eigenvalue weighted by Crippen LogP contribution is -2.47. The highest BCUT2D eigenvalue weighted by Gasteiger charge is 2.27. The molecule has 0 N–H and O–H groups in total. The van der Waals surface area contributed by atoms with Gasteiger partial charge in [0.25, 0.3) is 5.91 Å². The van der Waals surface area contributed by atoms with E-state index in [9.17, 15) is 4.79 Å². The van der Waals surface area contributed by atoms with Crippen molar-refractivity contribution >= 4 is 17.2 Å². The molecule has 182 valence electrons. The predicted molar refractivity (Wildman–Crippen MR) is 128 cm³/mol. The maximum atomic E-state index is 13.0. The second kappa shape index (κ2) is 12.0. The van der Waals surface area contributed by atoms with Crippen molar-refractivity contribution in [3.8, 4) is 28.6 Å². The molecule has 4 rings (SSSR count). The van der Waals surface area contributed by atoms with Crippen molar-refractivity contribution < 1.29 is 23.7 Å². The van der Waals surface area contributed by atoms with Gasteiger partial charge in [0.15, 0.2) is 0 Å². The summed E-state index contributed by atoms with van der Waals surface area (Å²) in [6.45, 7) is 8.93. The average Bonchev–Trinajstić information content (AvgIpc) is 3.40. The molecule has 1 amide bonds. The Hall–Kier alpha value is -3.90. The van der Waals surface area contributed by atoms with Gasteiger partial charge in [0, 0.05) is 29.9 Å². The van der Waals surface area contributed by atoms with Crippen LogP contribution in [0.5, 0.6) is 18.0 Å².